The van der Waals surface area contributed by atoms with Crippen LogP contribution < -0.4 is 10.0 Å². The standard InChI is InChI=1S/C14H19N3O3S2/c1-10(21-2)14(18)16-11-5-3-6-12(9-11)22(19,20)17-13-7-4-8-15-13/h3,5-6,9-10H,4,7-8H2,1-2H3,(H,15,17)(H,16,18)/t10-/m1/s1. The molecule has 1 amide bonds. The van der Waals surface area contributed by atoms with E-state index < -0.39 is 10.0 Å². The van der Waals surface area contributed by atoms with Crippen LogP contribution in [0.15, 0.2) is 34.2 Å². The molecule has 1 aromatic rings. The lowest BCUT2D eigenvalue weighted by molar-refractivity contribution is -0.115. The lowest BCUT2D eigenvalue weighted by Crippen LogP contribution is -2.29. The third kappa shape index (κ3) is 4.23. The first kappa shape index (κ1) is 16.8. The Balaban J connectivity index is 2.15. The number of aliphatic imine (C=N–C) groups is 1. The zero-order chi connectivity index (χ0) is 16.2. The minimum absolute atomic E-state index is 0.108. The van der Waals surface area contributed by atoms with Crippen molar-refractivity contribution in [1.29, 1.82) is 0 Å². The van der Waals surface area contributed by atoms with Crippen molar-refractivity contribution in [2.45, 2.75) is 29.9 Å². The van der Waals surface area contributed by atoms with Gasteiger partial charge in [0.2, 0.25) is 5.91 Å². The summed E-state index contributed by atoms with van der Waals surface area (Å²) in [5.74, 6) is 0.334. The number of benzene rings is 1. The number of sulfonamides is 1. The van der Waals surface area contributed by atoms with E-state index >= 15 is 0 Å². The normalized spacial score (nSPS) is 16.0. The van der Waals surface area contributed by atoms with Crippen LogP contribution in [0.2, 0.25) is 0 Å². The molecular weight excluding hydrogens is 322 g/mol. The van der Waals surface area contributed by atoms with Crippen LogP contribution in [0.1, 0.15) is 19.8 Å². The Labute approximate surface area is 134 Å². The van der Waals surface area contributed by atoms with Crippen LogP contribution in [0.3, 0.4) is 0 Å². The number of hydrogen-bond acceptors (Lipinski definition) is 5. The molecule has 22 heavy (non-hydrogen) atoms. The zero-order valence-corrected chi connectivity index (χ0v) is 14.1. The van der Waals surface area contributed by atoms with Crippen molar-refractivity contribution in [3.8, 4) is 0 Å². The Morgan fingerprint density at radius 3 is 2.82 bits per heavy atom. The van der Waals surface area contributed by atoms with Crippen LogP contribution in [0.4, 0.5) is 5.69 Å². The van der Waals surface area contributed by atoms with Gasteiger partial charge in [0.1, 0.15) is 5.84 Å². The summed E-state index contributed by atoms with van der Waals surface area (Å²) in [5.41, 5.74) is 0.460. The fraction of sp³-hybridized carbons (Fsp3) is 0.429. The van der Waals surface area contributed by atoms with Crippen molar-refractivity contribution in [3.05, 3.63) is 24.3 Å². The van der Waals surface area contributed by atoms with E-state index in [4.69, 9.17) is 0 Å². The van der Waals surface area contributed by atoms with Gasteiger partial charge in [-0.3, -0.25) is 14.5 Å². The highest BCUT2D eigenvalue weighted by atomic mass is 32.2. The lowest BCUT2D eigenvalue weighted by Gasteiger charge is -2.12. The Kier molecular flexibility index (Phi) is 5.47. The molecule has 0 aliphatic carbocycles. The molecule has 0 aromatic heterocycles. The van der Waals surface area contributed by atoms with E-state index in [1.165, 1.54) is 23.9 Å². The van der Waals surface area contributed by atoms with Crippen molar-refractivity contribution >= 4 is 39.2 Å². The first-order valence-electron chi connectivity index (χ1n) is 6.92. The first-order valence-corrected chi connectivity index (χ1v) is 9.69. The van der Waals surface area contributed by atoms with E-state index in [-0.39, 0.29) is 16.1 Å². The number of hydrogen-bond donors (Lipinski definition) is 2. The van der Waals surface area contributed by atoms with Crippen molar-refractivity contribution in [2.24, 2.45) is 4.99 Å². The second kappa shape index (κ2) is 7.15. The fourth-order valence-electron chi connectivity index (χ4n) is 1.93. The maximum Gasteiger partial charge on any atom is 0.262 e. The molecule has 0 saturated heterocycles. The van der Waals surface area contributed by atoms with E-state index in [1.54, 1.807) is 19.1 Å². The Morgan fingerprint density at radius 1 is 1.41 bits per heavy atom. The third-order valence-corrected chi connectivity index (χ3v) is 5.56. The highest BCUT2D eigenvalue weighted by Crippen LogP contribution is 2.17. The summed E-state index contributed by atoms with van der Waals surface area (Å²) in [7, 11) is -3.67. The molecule has 0 fully saturated rings. The third-order valence-electron chi connectivity index (χ3n) is 3.26. The van der Waals surface area contributed by atoms with Crippen LogP contribution in [0.25, 0.3) is 0 Å². The largest absolute Gasteiger partial charge is 0.325 e. The van der Waals surface area contributed by atoms with E-state index in [0.717, 1.165) is 6.42 Å². The Morgan fingerprint density at radius 2 is 2.18 bits per heavy atom. The summed E-state index contributed by atoms with van der Waals surface area (Å²) < 4.78 is 27.1. The minimum atomic E-state index is -3.67. The predicted molar refractivity (Wildman–Crippen MR) is 89.9 cm³/mol. The van der Waals surface area contributed by atoms with Gasteiger partial charge in [-0.1, -0.05) is 6.07 Å². The van der Waals surface area contributed by atoms with E-state index in [0.29, 0.717) is 24.5 Å². The summed E-state index contributed by atoms with van der Waals surface area (Å²) in [5, 5.41) is 2.51. The average Bonchev–Trinajstić information content (AvgIpc) is 2.98. The molecule has 1 aliphatic heterocycles. The van der Waals surface area contributed by atoms with Gasteiger partial charge in [-0.05, 0) is 37.8 Å². The molecule has 8 heteroatoms. The molecule has 2 N–H and O–H groups in total. The molecule has 120 valence electrons. The number of nitrogens with zero attached hydrogens (tertiary/aromatic N) is 1. The molecule has 1 heterocycles. The van der Waals surface area contributed by atoms with Crippen molar-refractivity contribution in [3.63, 3.8) is 0 Å². The topological polar surface area (TPSA) is 87.6 Å². The van der Waals surface area contributed by atoms with Gasteiger partial charge in [-0.2, -0.15) is 11.8 Å². The predicted octanol–water partition coefficient (Wildman–Crippen LogP) is 1.85. The quantitative estimate of drug-likeness (QED) is 0.855. The number of nitrogens with one attached hydrogen (secondary N) is 2. The second-order valence-electron chi connectivity index (χ2n) is 4.93. The molecular formula is C14H19N3O3S2. The summed E-state index contributed by atoms with van der Waals surface area (Å²) >= 11 is 1.42. The molecule has 1 aliphatic rings. The first-order chi connectivity index (χ1) is 10.4. The Hall–Kier alpha value is -1.54. The van der Waals surface area contributed by atoms with Gasteiger partial charge in [0.25, 0.3) is 10.0 Å². The molecule has 2 rings (SSSR count). The van der Waals surface area contributed by atoms with Crippen molar-refractivity contribution < 1.29 is 13.2 Å². The highest BCUT2D eigenvalue weighted by Gasteiger charge is 2.19. The SMILES string of the molecule is CS[C@H](C)C(=O)Nc1cccc(S(=O)(=O)NC2=NCCC2)c1. The maximum atomic E-state index is 12.3. The van der Waals surface area contributed by atoms with Gasteiger partial charge in [-0.25, -0.2) is 8.42 Å². The van der Waals surface area contributed by atoms with Crippen LogP contribution >= 0.6 is 11.8 Å². The molecule has 1 aromatic carbocycles. The fourth-order valence-corrected chi connectivity index (χ4v) is 3.34. The molecule has 0 unspecified atom stereocenters. The Bertz CT molecular complexity index is 686. The van der Waals surface area contributed by atoms with Gasteiger partial charge in [-0.15, -0.1) is 0 Å². The van der Waals surface area contributed by atoms with Gasteiger partial charge in [0.15, 0.2) is 0 Å². The molecule has 0 bridgehead atoms. The minimum Gasteiger partial charge on any atom is -0.325 e. The molecule has 0 spiro atoms. The van der Waals surface area contributed by atoms with E-state index in [9.17, 15) is 13.2 Å². The van der Waals surface area contributed by atoms with Crippen LogP contribution in [-0.4, -0.2) is 38.2 Å². The number of thioether (sulfide) groups is 1. The molecule has 0 radical (unpaired) electrons. The summed E-state index contributed by atoms with van der Waals surface area (Å²) in [6.45, 7) is 2.45. The second-order valence-corrected chi connectivity index (χ2v) is 7.79. The van der Waals surface area contributed by atoms with Gasteiger partial charge >= 0.3 is 0 Å². The number of amidine groups is 1. The average molecular weight is 341 g/mol. The van der Waals surface area contributed by atoms with Gasteiger partial charge < -0.3 is 5.32 Å². The number of amides is 1. The van der Waals surface area contributed by atoms with Crippen LogP contribution in [0, 0.1) is 0 Å². The van der Waals surface area contributed by atoms with Gasteiger partial charge in [0.05, 0.1) is 10.1 Å². The van der Waals surface area contributed by atoms with Gasteiger partial charge in [0, 0.05) is 18.7 Å². The smallest absolute Gasteiger partial charge is 0.262 e. The zero-order valence-electron chi connectivity index (χ0n) is 12.5. The molecule has 1 atom stereocenters. The number of carbonyl (C=O) groups excluding carboxylic acids is 1. The highest BCUT2D eigenvalue weighted by molar-refractivity contribution is 7.99. The van der Waals surface area contributed by atoms with Crippen LogP contribution in [0.5, 0.6) is 0 Å². The maximum absolute atomic E-state index is 12.3. The summed E-state index contributed by atoms with van der Waals surface area (Å²) in [6.07, 6.45) is 3.35. The number of carbonyl (C=O) groups is 1. The number of anilines is 1. The summed E-state index contributed by atoms with van der Waals surface area (Å²) in [4.78, 5) is 16.1. The van der Waals surface area contributed by atoms with E-state index in [2.05, 4.69) is 15.0 Å². The van der Waals surface area contributed by atoms with Crippen LogP contribution in [-0.2, 0) is 14.8 Å². The van der Waals surface area contributed by atoms with E-state index in [1.807, 2.05) is 6.26 Å². The summed E-state index contributed by atoms with van der Waals surface area (Å²) in [6, 6.07) is 6.20. The lowest BCUT2D eigenvalue weighted by atomic mass is 10.3. The number of rotatable bonds is 5. The van der Waals surface area contributed by atoms with Crippen molar-refractivity contribution in [1.82, 2.24) is 4.72 Å². The molecule has 0 saturated carbocycles. The molecule has 6 nitrogen and oxygen atoms in total. The van der Waals surface area contributed by atoms with Crippen molar-refractivity contribution in [2.75, 3.05) is 18.1 Å². The monoisotopic (exact) mass is 341 g/mol.